The number of allylic oxidation sites excluding steroid dienone is 1. The number of para-hydroxylation sites is 1. The van der Waals surface area contributed by atoms with Crippen molar-refractivity contribution in [3.63, 3.8) is 0 Å². The molecule has 1 aromatic heterocycles. The summed E-state index contributed by atoms with van der Waals surface area (Å²) in [6.07, 6.45) is 1.69. The molecule has 0 aliphatic carbocycles. The Kier molecular flexibility index (Phi) is 4.55. The third kappa shape index (κ3) is 3.50. The van der Waals surface area contributed by atoms with Gasteiger partial charge in [0.25, 0.3) is 0 Å². The van der Waals surface area contributed by atoms with Gasteiger partial charge in [-0.3, -0.25) is 0 Å². The molecule has 3 aromatic rings. The predicted molar refractivity (Wildman–Crippen MR) is 94.4 cm³/mol. The fraction of sp³-hybridized carbons (Fsp3) is 0.111. The largest absolute Gasteiger partial charge is 0.494 e. The number of aromatic nitrogens is 1. The summed E-state index contributed by atoms with van der Waals surface area (Å²) < 4.78 is 6.48. The van der Waals surface area contributed by atoms with Crippen LogP contribution in [-0.2, 0) is 0 Å². The summed E-state index contributed by atoms with van der Waals surface area (Å²) in [5.41, 5.74) is 2.32. The number of fused-ring (bicyclic) bond motifs is 1. The summed E-state index contributed by atoms with van der Waals surface area (Å²) in [6, 6.07) is 17.7. The maximum absolute atomic E-state index is 9.39. The van der Waals surface area contributed by atoms with Crippen molar-refractivity contribution in [2.24, 2.45) is 0 Å². The van der Waals surface area contributed by atoms with Gasteiger partial charge in [-0.15, -0.1) is 11.3 Å². The lowest BCUT2D eigenvalue weighted by Gasteiger charge is -2.05. The lowest BCUT2D eigenvalue weighted by Crippen LogP contribution is -1.93. The summed E-state index contributed by atoms with van der Waals surface area (Å²) >= 11 is 1.51. The van der Waals surface area contributed by atoms with Crippen molar-refractivity contribution >= 4 is 32.8 Å². The normalized spacial score (nSPS) is 11.2. The number of nitrogens with zero attached hydrogens (tertiary/aromatic N) is 2. The molecule has 0 bridgehead atoms. The molecule has 0 atom stereocenters. The van der Waals surface area contributed by atoms with E-state index >= 15 is 0 Å². The smallest absolute Gasteiger partial charge is 0.136 e. The Labute approximate surface area is 138 Å². The first-order valence-electron chi connectivity index (χ1n) is 7.26. The van der Waals surface area contributed by atoms with E-state index in [2.05, 4.69) is 16.4 Å². The Balaban J connectivity index is 1.80. The standard InChI is InChI=1S/C18H15N3OS/c1-2-22-15-9-7-14(8-10-15)20-12-13(11-19)18-21-16-5-3-4-6-17(16)23-18/h3-10,12,20H,2H2,1H3. The third-order valence-corrected chi connectivity index (χ3v) is 4.26. The van der Waals surface area contributed by atoms with E-state index in [4.69, 9.17) is 4.74 Å². The summed E-state index contributed by atoms with van der Waals surface area (Å²) in [5, 5.41) is 13.2. The zero-order valence-corrected chi connectivity index (χ0v) is 13.4. The van der Waals surface area contributed by atoms with Crippen LogP contribution in [0.1, 0.15) is 11.9 Å². The Morgan fingerprint density at radius 3 is 2.74 bits per heavy atom. The van der Waals surface area contributed by atoms with Crippen molar-refractivity contribution in [2.45, 2.75) is 6.92 Å². The SMILES string of the molecule is CCOc1ccc(NC=C(C#N)c2nc3ccccc3s2)cc1. The first kappa shape index (κ1) is 15.1. The first-order valence-corrected chi connectivity index (χ1v) is 8.07. The highest BCUT2D eigenvalue weighted by Crippen LogP contribution is 2.26. The van der Waals surface area contributed by atoms with Crippen LogP contribution in [0.5, 0.6) is 5.75 Å². The van der Waals surface area contributed by atoms with Gasteiger partial charge in [-0.2, -0.15) is 5.26 Å². The second-order valence-corrected chi connectivity index (χ2v) is 5.79. The van der Waals surface area contributed by atoms with Gasteiger partial charge in [-0.1, -0.05) is 12.1 Å². The Hall–Kier alpha value is -2.84. The third-order valence-electron chi connectivity index (χ3n) is 3.19. The molecule has 0 aliphatic heterocycles. The van der Waals surface area contributed by atoms with Crippen LogP contribution in [0.4, 0.5) is 5.69 Å². The van der Waals surface area contributed by atoms with Gasteiger partial charge in [0.05, 0.1) is 16.8 Å². The summed E-state index contributed by atoms with van der Waals surface area (Å²) in [4.78, 5) is 4.50. The number of benzene rings is 2. The Bertz CT molecular complexity index is 842. The van der Waals surface area contributed by atoms with Gasteiger partial charge in [0.2, 0.25) is 0 Å². The van der Waals surface area contributed by atoms with E-state index in [9.17, 15) is 5.26 Å². The number of rotatable bonds is 5. The van der Waals surface area contributed by atoms with Crippen molar-refractivity contribution < 1.29 is 4.74 Å². The fourth-order valence-corrected chi connectivity index (χ4v) is 3.03. The van der Waals surface area contributed by atoms with E-state index in [1.54, 1.807) is 6.20 Å². The highest BCUT2D eigenvalue weighted by atomic mass is 32.1. The van der Waals surface area contributed by atoms with Gasteiger partial charge in [0.1, 0.15) is 22.4 Å². The number of hydrogen-bond acceptors (Lipinski definition) is 5. The Morgan fingerprint density at radius 2 is 2.04 bits per heavy atom. The van der Waals surface area contributed by atoms with Crippen molar-refractivity contribution in [3.8, 4) is 11.8 Å². The average molecular weight is 321 g/mol. The topological polar surface area (TPSA) is 57.9 Å². The number of nitriles is 1. The Morgan fingerprint density at radius 1 is 1.26 bits per heavy atom. The van der Waals surface area contributed by atoms with Crippen molar-refractivity contribution in [2.75, 3.05) is 11.9 Å². The van der Waals surface area contributed by atoms with E-state index in [0.717, 1.165) is 21.7 Å². The molecule has 0 fully saturated rings. The molecule has 1 heterocycles. The average Bonchev–Trinajstić information content (AvgIpc) is 3.01. The number of hydrogen-bond donors (Lipinski definition) is 1. The van der Waals surface area contributed by atoms with Crippen molar-refractivity contribution in [1.82, 2.24) is 4.98 Å². The van der Waals surface area contributed by atoms with Crippen LogP contribution in [-0.4, -0.2) is 11.6 Å². The molecule has 0 radical (unpaired) electrons. The molecule has 4 nitrogen and oxygen atoms in total. The molecule has 0 unspecified atom stereocenters. The number of ether oxygens (including phenoxy) is 1. The van der Waals surface area contributed by atoms with Gasteiger partial charge < -0.3 is 10.1 Å². The van der Waals surface area contributed by atoms with Gasteiger partial charge in [-0.25, -0.2) is 4.98 Å². The zero-order chi connectivity index (χ0) is 16.1. The number of nitrogens with one attached hydrogen (secondary N) is 1. The molecule has 3 rings (SSSR count). The molecule has 0 saturated carbocycles. The number of anilines is 1. The van der Waals surface area contributed by atoms with E-state index in [1.807, 2.05) is 55.5 Å². The minimum Gasteiger partial charge on any atom is -0.494 e. The number of thiazole rings is 1. The van der Waals surface area contributed by atoms with Crippen LogP contribution >= 0.6 is 11.3 Å². The minimum absolute atomic E-state index is 0.514. The molecule has 23 heavy (non-hydrogen) atoms. The van der Waals surface area contributed by atoms with Crippen LogP contribution in [0.15, 0.2) is 54.7 Å². The van der Waals surface area contributed by atoms with Gasteiger partial charge in [-0.05, 0) is 43.3 Å². The maximum atomic E-state index is 9.39. The van der Waals surface area contributed by atoms with Crippen molar-refractivity contribution in [1.29, 1.82) is 5.26 Å². The molecule has 1 N–H and O–H groups in total. The van der Waals surface area contributed by atoms with E-state index in [0.29, 0.717) is 17.2 Å². The van der Waals surface area contributed by atoms with Crippen LogP contribution in [0.3, 0.4) is 0 Å². The second kappa shape index (κ2) is 6.95. The monoisotopic (exact) mass is 321 g/mol. The fourth-order valence-electron chi connectivity index (χ4n) is 2.10. The highest BCUT2D eigenvalue weighted by Gasteiger charge is 2.08. The van der Waals surface area contributed by atoms with Crippen LogP contribution in [0.25, 0.3) is 15.8 Å². The molecule has 0 saturated heterocycles. The molecular weight excluding hydrogens is 306 g/mol. The van der Waals surface area contributed by atoms with Crippen LogP contribution in [0, 0.1) is 11.3 Å². The quantitative estimate of drug-likeness (QED) is 0.694. The van der Waals surface area contributed by atoms with Crippen molar-refractivity contribution in [3.05, 3.63) is 59.7 Å². The molecule has 0 aliphatic rings. The predicted octanol–water partition coefficient (Wildman–Crippen LogP) is 4.67. The minimum atomic E-state index is 0.514. The molecule has 2 aromatic carbocycles. The zero-order valence-electron chi connectivity index (χ0n) is 12.6. The molecular formula is C18H15N3OS. The van der Waals surface area contributed by atoms with Crippen LogP contribution < -0.4 is 10.1 Å². The lowest BCUT2D eigenvalue weighted by molar-refractivity contribution is 0.340. The van der Waals surface area contributed by atoms with Gasteiger partial charge in [0.15, 0.2) is 0 Å². The van der Waals surface area contributed by atoms with E-state index in [-0.39, 0.29) is 0 Å². The van der Waals surface area contributed by atoms with E-state index in [1.165, 1.54) is 11.3 Å². The maximum Gasteiger partial charge on any atom is 0.136 e. The molecule has 0 spiro atoms. The highest BCUT2D eigenvalue weighted by molar-refractivity contribution is 7.19. The molecule has 5 heteroatoms. The summed E-state index contributed by atoms with van der Waals surface area (Å²) in [7, 11) is 0. The van der Waals surface area contributed by atoms with E-state index < -0.39 is 0 Å². The molecule has 0 amide bonds. The first-order chi connectivity index (χ1) is 11.3. The second-order valence-electron chi connectivity index (χ2n) is 4.76. The van der Waals surface area contributed by atoms with Gasteiger partial charge >= 0.3 is 0 Å². The lowest BCUT2D eigenvalue weighted by atomic mass is 10.3. The summed E-state index contributed by atoms with van der Waals surface area (Å²) in [6.45, 7) is 2.59. The molecule has 114 valence electrons. The van der Waals surface area contributed by atoms with Crippen LogP contribution in [0.2, 0.25) is 0 Å². The summed E-state index contributed by atoms with van der Waals surface area (Å²) in [5.74, 6) is 0.828. The van der Waals surface area contributed by atoms with Gasteiger partial charge in [0, 0.05) is 11.9 Å².